The Balaban J connectivity index is 1.69. The van der Waals surface area contributed by atoms with Crippen molar-refractivity contribution >= 4 is 28.4 Å². The van der Waals surface area contributed by atoms with Crippen molar-refractivity contribution in [1.82, 2.24) is 19.8 Å². The highest BCUT2D eigenvalue weighted by molar-refractivity contribution is 6.31. The number of aromatic nitrogens is 2. The number of nitrogens with one attached hydrogen (secondary N) is 1. The summed E-state index contributed by atoms with van der Waals surface area (Å²) in [6.45, 7) is 6.13. The molecule has 0 spiro atoms. The van der Waals surface area contributed by atoms with Gasteiger partial charge in [0.1, 0.15) is 5.82 Å². The van der Waals surface area contributed by atoms with E-state index in [2.05, 4.69) is 12.2 Å². The first-order chi connectivity index (χ1) is 18.5. The third-order valence-corrected chi connectivity index (χ3v) is 7.62. The van der Waals surface area contributed by atoms with Crippen LogP contribution in [0.1, 0.15) is 59.5 Å². The molecule has 1 aromatic heterocycles. The lowest BCUT2D eigenvalue weighted by Gasteiger charge is -2.40. The van der Waals surface area contributed by atoms with E-state index >= 15 is 0 Å². The third-order valence-electron chi connectivity index (χ3n) is 7.39. The molecule has 4 aromatic rings. The lowest BCUT2D eigenvalue weighted by atomic mass is 9.98. The molecular weight excluding hydrogens is 496 g/mol. The van der Waals surface area contributed by atoms with Gasteiger partial charge in [0.2, 0.25) is 0 Å². The molecule has 5 rings (SSSR count). The molecule has 1 N–H and O–H groups in total. The van der Waals surface area contributed by atoms with E-state index in [0.717, 1.165) is 37.1 Å². The minimum Gasteiger partial charge on any atom is -0.325 e. The number of hydrogen-bond acceptors (Lipinski definition) is 4. The van der Waals surface area contributed by atoms with E-state index in [1.807, 2.05) is 66.4 Å². The zero-order valence-electron chi connectivity index (χ0n) is 21.9. The molecule has 1 amide bonds. The van der Waals surface area contributed by atoms with Crippen LogP contribution in [-0.4, -0.2) is 39.5 Å². The van der Waals surface area contributed by atoms with Crippen LogP contribution in [0.5, 0.6) is 0 Å². The Bertz CT molecular complexity index is 1480. The van der Waals surface area contributed by atoms with E-state index in [0.29, 0.717) is 40.3 Å². The van der Waals surface area contributed by atoms with Crippen LogP contribution < -0.4 is 10.9 Å². The quantitative estimate of drug-likeness (QED) is 0.331. The maximum Gasteiger partial charge on any atom is 0.261 e. The van der Waals surface area contributed by atoms with Gasteiger partial charge in [-0.25, -0.2) is 4.98 Å². The van der Waals surface area contributed by atoms with Crippen molar-refractivity contribution in [3.05, 3.63) is 111 Å². The number of benzene rings is 3. The SMILES string of the molecule is CCC(c1nc2cc(Cl)ccc2c(=O)n1Cc1ccccc1)N(C(=O)c1ccc(C)cc1)C1CCNCC1. The molecule has 7 heteroatoms. The Kier molecular flexibility index (Phi) is 7.91. The topological polar surface area (TPSA) is 67.2 Å². The summed E-state index contributed by atoms with van der Waals surface area (Å²) in [6.07, 6.45) is 2.31. The van der Waals surface area contributed by atoms with Crippen molar-refractivity contribution in [1.29, 1.82) is 0 Å². The molecule has 0 bridgehead atoms. The molecule has 1 atom stereocenters. The number of carbonyl (C=O) groups excluding carboxylic acids is 1. The highest BCUT2D eigenvalue weighted by atomic mass is 35.5. The number of fused-ring (bicyclic) bond motifs is 1. The summed E-state index contributed by atoms with van der Waals surface area (Å²) in [5.74, 6) is 0.561. The van der Waals surface area contributed by atoms with Gasteiger partial charge in [-0.1, -0.05) is 66.6 Å². The summed E-state index contributed by atoms with van der Waals surface area (Å²) < 4.78 is 1.75. The van der Waals surface area contributed by atoms with Gasteiger partial charge < -0.3 is 10.2 Å². The first kappa shape index (κ1) is 26.1. The number of halogens is 1. The minimum absolute atomic E-state index is 0.0320. The lowest BCUT2D eigenvalue weighted by Crippen LogP contribution is -2.49. The summed E-state index contributed by atoms with van der Waals surface area (Å²) in [4.78, 5) is 35.1. The summed E-state index contributed by atoms with van der Waals surface area (Å²) in [6, 6.07) is 22.5. The van der Waals surface area contributed by atoms with Crippen LogP contribution in [0, 0.1) is 6.92 Å². The molecule has 6 nitrogen and oxygen atoms in total. The van der Waals surface area contributed by atoms with Crippen molar-refractivity contribution < 1.29 is 4.79 Å². The molecule has 1 aliphatic rings. The predicted octanol–water partition coefficient (Wildman–Crippen LogP) is 5.75. The van der Waals surface area contributed by atoms with Gasteiger partial charge in [0.15, 0.2) is 0 Å². The Labute approximate surface area is 228 Å². The van der Waals surface area contributed by atoms with Crippen LogP contribution in [0.25, 0.3) is 10.9 Å². The number of carbonyl (C=O) groups is 1. The molecule has 0 saturated carbocycles. The molecule has 2 heterocycles. The zero-order valence-corrected chi connectivity index (χ0v) is 22.6. The molecule has 1 saturated heterocycles. The fourth-order valence-electron chi connectivity index (χ4n) is 5.38. The summed E-state index contributed by atoms with van der Waals surface area (Å²) >= 11 is 6.31. The molecule has 1 fully saturated rings. The zero-order chi connectivity index (χ0) is 26.6. The molecule has 3 aromatic carbocycles. The molecule has 0 aliphatic carbocycles. The van der Waals surface area contributed by atoms with Crippen molar-refractivity contribution in [2.24, 2.45) is 0 Å². The van der Waals surface area contributed by atoms with E-state index < -0.39 is 0 Å². The second-order valence-corrected chi connectivity index (χ2v) is 10.4. The van der Waals surface area contributed by atoms with Gasteiger partial charge in [0.25, 0.3) is 11.5 Å². The fraction of sp³-hybridized carbons (Fsp3) is 0.323. The standard InChI is InChI=1S/C31H33ClN4O2/c1-3-28(36(25-15-17-33-18-16-25)30(37)23-11-9-21(2)10-12-23)29-34-27-19-24(32)13-14-26(27)31(38)35(29)20-22-7-5-4-6-8-22/h4-14,19,25,28,33H,3,15-18,20H2,1-2H3. The van der Waals surface area contributed by atoms with Gasteiger partial charge >= 0.3 is 0 Å². The van der Waals surface area contributed by atoms with Crippen LogP contribution in [0.2, 0.25) is 5.02 Å². The second kappa shape index (κ2) is 11.5. The molecular formula is C31H33ClN4O2. The van der Waals surface area contributed by atoms with Gasteiger partial charge in [-0.05, 0) is 75.2 Å². The first-order valence-corrected chi connectivity index (χ1v) is 13.7. The Hall–Kier alpha value is -3.48. The molecule has 0 radical (unpaired) electrons. The van der Waals surface area contributed by atoms with Crippen LogP contribution in [0.15, 0.2) is 77.6 Å². The fourth-order valence-corrected chi connectivity index (χ4v) is 5.55. The van der Waals surface area contributed by atoms with Crippen molar-refractivity contribution in [2.45, 2.75) is 51.7 Å². The minimum atomic E-state index is -0.383. The highest BCUT2D eigenvalue weighted by Crippen LogP contribution is 2.31. The van der Waals surface area contributed by atoms with E-state index in [9.17, 15) is 9.59 Å². The van der Waals surface area contributed by atoms with Gasteiger partial charge in [0, 0.05) is 16.6 Å². The number of rotatable bonds is 7. The molecule has 1 unspecified atom stereocenters. The average Bonchev–Trinajstić information content (AvgIpc) is 2.94. The monoisotopic (exact) mass is 528 g/mol. The van der Waals surface area contributed by atoms with Crippen LogP contribution >= 0.6 is 11.6 Å². The Morgan fingerprint density at radius 2 is 1.79 bits per heavy atom. The number of hydrogen-bond donors (Lipinski definition) is 1. The normalized spacial score (nSPS) is 14.9. The number of amides is 1. The molecule has 196 valence electrons. The van der Waals surface area contributed by atoms with Crippen molar-refractivity contribution in [3.8, 4) is 0 Å². The van der Waals surface area contributed by atoms with Gasteiger partial charge in [0.05, 0.1) is 23.5 Å². The summed E-state index contributed by atoms with van der Waals surface area (Å²) in [5, 5.41) is 4.45. The van der Waals surface area contributed by atoms with E-state index in [1.54, 1.807) is 22.8 Å². The van der Waals surface area contributed by atoms with Gasteiger partial charge in [-0.3, -0.25) is 14.2 Å². The van der Waals surface area contributed by atoms with E-state index in [4.69, 9.17) is 16.6 Å². The predicted molar refractivity (Wildman–Crippen MR) is 153 cm³/mol. The average molecular weight is 529 g/mol. The van der Waals surface area contributed by atoms with Crippen LogP contribution in [0.4, 0.5) is 0 Å². The number of nitrogens with zero attached hydrogens (tertiary/aromatic N) is 3. The maximum absolute atomic E-state index is 14.2. The summed E-state index contributed by atoms with van der Waals surface area (Å²) in [5.41, 5.74) is 3.17. The lowest BCUT2D eigenvalue weighted by molar-refractivity contribution is 0.0492. The Morgan fingerprint density at radius 3 is 2.47 bits per heavy atom. The molecule has 1 aliphatic heterocycles. The Morgan fingerprint density at radius 1 is 1.08 bits per heavy atom. The van der Waals surface area contributed by atoms with Crippen LogP contribution in [0.3, 0.4) is 0 Å². The number of piperidine rings is 1. The third kappa shape index (κ3) is 5.38. The van der Waals surface area contributed by atoms with E-state index in [-0.39, 0.29) is 23.6 Å². The first-order valence-electron chi connectivity index (χ1n) is 13.3. The van der Waals surface area contributed by atoms with Crippen molar-refractivity contribution in [2.75, 3.05) is 13.1 Å². The smallest absolute Gasteiger partial charge is 0.261 e. The van der Waals surface area contributed by atoms with Crippen molar-refractivity contribution in [3.63, 3.8) is 0 Å². The second-order valence-electron chi connectivity index (χ2n) is 9.99. The van der Waals surface area contributed by atoms with Gasteiger partial charge in [-0.15, -0.1) is 0 Å². The largest absolute Gasteiger partial charge is 0.325 e. The highest BCUT2D eigenvalue weighted by Gasteiger charge is 2.35. The molecule has 38 heavy (non-hydrogen) atoms. The van der Waals surface area contributed by atoms with Gasteiger partial charge in [-0.2, -0.15) is 0 Å². The van der Waals surface area contributed by atoms with E-state index in [1.165, 1.54) is 0 Å². The number of aryl methyl sites for hydroxylation is 1. The summed E-state index contributed by atoms with van der Waals surface area (Å²) in [7, 11) is 0. The maximum atomic E-state index is 14.2. The van der Waals surface area contributed by atoms with Crippen LogP contribution in [-0.2, 0) is 6.54 Å².